The molecule has 2 atom stereocenters. The normalized spacial score (nSPS) is 14.9. The van der Waals surface area contributed by atoms with Crippen LogP contribution in [0.15, 0.2) is 4.47 Å². The van der Waals surface area contributed by atoms with Crippen LogP contribution in [0.25, 0.3) is 0 Å². The molecule has 0 aliphatic rings. The lowest BCUT2D eigenvalue weighted by atomic mass is 9.91. The van der Waals surface area contributed by atoms with E-state index >= 15 is 0 Å². The summed E-state index contributed by atoms with van der Waals surface area (Å²) in [7, 11) is 2.01. The van der Waals surface area contributed by atoms with Gasteiger partial charge in [-0.25, -0.2) is 0 Å². The molecular weight excluding hydrogens is 278 g/mol. The first-order valence-corrected chi connectivity index (χ1v) is 7.16. The molecule has 1 aromatic heterocycles. The van der Waals surface area contributed by atoms with E-state index in [0.717, 1.165) is 25.2 Å². The highest BCUT2D eigenvalue weighted by molar-refractivity contribution is 9.10. The third kappa shape index (κ3) is 3.55. The molecule has 0 aliphatic carbocycles. The van der Waals surface area contributed by atoms with Gasteiger partial charge in [-0.15, -0.1) is 0 Å². The van der Waals surface area contributed by atoms with Crippen LogP contribution < -0.4 is 5.32 Å². The third-order valence-corrected chi connectivity index (χ3v) is 4.50. The van der Waals surface area contributed by atoms with Crippen LogP contribution in [0.3, 0.4) is 0 Å². The molecule has 0 aliphatic heterocycles. The van der Waals surface area contributed by atoms with Crippen molar-refractivity contribution < 1.29 is 0 Å². The first-order chi connectivity index (χ1) is 8.01. The molecule has 0 aromatic carbocycles. The van der Waals surface area contributed by atoms with Gasteiger partial charge in [0, 0.05) is 6.54 Å². The van der Waals surface area contributed by atoms with Crippen molar-refractivity contribution in [3.05, 3.63) is 15.9 Å². The molecule has 0 fully saturated rings. The zero-order valence-electron chi connectivity index (χ0n) is 11.5. The van der Waals surface area contributed by atoms with E-state index in [2.05, 4.69) is 58.7 Å². The molecule has 0 saturated carbocycles. The highest BCUT2D eigenvalue weighted by Crippen LogP contribution is 2.25. The van der Waals surface area contributed by atoms with Gasteiger partial charge in [0.15, 0.2) is 0 Å². The van der Waals surface area contributed by atoms with E-state index < -0.39 is 0 Å². The topological polar surface area (TPSA) is 29.9 Å². The molecule has 1 rings (SSSR count). The lowest BCUT2D eigenvalue weighted by Gasteiger charge is -2.20. The Labute approximate surface area is 113 Å². The van der Waals surface area contributed by atoms with Crippen LogP contribution in [-0.2, 0) is 13.0 Å². The molecule has 2 unspecified atom stereocenters. The minimum absolute atomic E-state index is 0.653. The summed E-state index contributed by atoms with van der Waals surface area (Å²) in [5, 5.41) is 7.79. The van der Waals surface area contributed by atoms with Crippen LogP contribution in [0, 0.1) is 18.8 Å². The Morgan fingerprint density at radius 2 is 2.00 bits per heavy atom. The molecular formula is C13H24BrN3. The zero-order valence-corrected chi connectivity index (χ0v) is 13.1. The zero-order chi connectivity index (χ0) is 13.0. The minimum Gasteiger partial charge on any atom is -0.319 e. The van der Waals surface area contributed by atoms with Crippen LogP contribution >= 0.6 is 15.9 Å². The first-order valence-electron chi connectivity index (χ1n) is 6.37. The van der Waals surface area contributed by atoms with Gasteiger partial charge in [0.05, 0.1) is 15.9 Å². The number of hydrogen-bond acceptors (Lipinski definition) is 2. The quantitative estimate of drug-likeness (QED) is 0.875. The summed E-state index contributed by atoms with van der Waals surface area (Å²) < 4.78 is 3.30. The van der Waals surface area contributed by atoms with Gasteiger partial charge in [0.2, 0.25) is 0 Å². The molecule has 0 radical (unpaired) electrons. The predicted molar refractivity (Wildman–Crippen MR) is 76.3 cm³/mol. The number of nitrogens with zero attached hydrogens (tertiary/aromatic N) is 2. The number of hydrogen-bond donors (Lipinski definition) is 1. The van der Waals surface area contributed by atoms with Crippen molar-refractivity contribution in [2.75, 3.05) is 13.6 Å². The van der Waals surface area contributed by atoms with Gasteiger partial charge in [-0.2, -0.15) is 5.10 Å². The van der Waals surface area contributed by atoms with Gasteiger partial charge in [-0.05, 0) is 61.6 Å². The van der Waals surface area contributed by atoms with Gasteiger partial charge >= 0.3 is 0 Å². The van der Waals surface area contributed by atoms with Gasteiger partial charge in [0.1, 0.15) is 0 Å². The lowest BCUT2D eigenvalue weighted by molar-refractivity contribution is 0.365. The van der Waals surface area contributed by atoms with Crippen molar-refractivity contribution in [1.82, 2.24) is 15.1 Å². The number of rotatable bonds is 6. The summed E-state index contributed by atoms with van der Waals surface area (Å²) in [4.78, 5) is 0. The maximum Gasteiger partial charge on any atom is 0.0738 e. The van der Waals surface area contributed by atoms with Gasteiger partial charge < -0.3 is 5.32 Å². The van der Waals surface area contributed by atoms with E-state index in [1.165, 1.54) is 10.2 Å². The molecule has 3 nitrogen and oxygen atoms in total. The lowest BCUT2D eigenvalue weighted by Crippen LogP contribution is -2.24. The predicted octanol–water partition coefficient (Wildman–Crippen LogP) is 3.01. The molecule has 4 heteroatoms. The van der Waals surface area contributed by atoms with Gasteiger partial charge in [-0.1, -0.05) is 13.8 Å². The molecule has 98 valence electrons. The maximum atomic E-state index is 4.54. The highest BCUT2D eigenvalue weighted by atomic mass is 79.9. The molecule has 0 amide bonds. The Morgan fingerprint density at radius 1 is 1.35 bits per heavy atom. The second kappa shape index (κ2) is 6.55. The van der Waals surface area contributed by atoms with E-state index in [1.807, 2.05) is 7.05 Å². The third-order valence-electron chi connectivity index (χ3n) is 3.47. The molecule has 0 spiro atoms. The van der Waals surface area contributed by atoms with Crippen LogP contribution in [0.2, 0.25) is 0 Å². The average molecular weight is 302 g/mol. The van der Waals surface area contributed by atoms with Crippen molar-refractivity contribution in [2.45, 2.75) is 40.7 Å². The second-order valence-electron chi connectivity index (χ2n) is 4.88. The standard InChI is InChI=1S/C13H24BrN3/c1-6-17-12(13(14)11(4)16-17)7-9(2)10(3)8-15-5/h9-10,15H,6-8H2,1-5H3. The summed E-state index contributed by atoms with van der Waals surface area (Å²) in [6.07, 6.45) is 1.08. The molecule has 17 heavy (non-hydrogen) atoms. The van der Waals surface area contributed by atoms with Gasteiger partial charge in [0.25, 0.3) is 0 Å². The monoisotopic (exact) mass is 301 g/mol. The molecule has 1 N–H and O–H groups in total. The number of halogens is 1. The smallest absolute Gasteiger partial charge is 0.0738 e. The fourth-order valence-corrected chi connectivity index (χ4v) is 2.54. The maximum absolute atomic E-state index is 4.54. The van der Waals surface area contributed by atoms with Crippen molar-refractivity contribution in [2.24, 2.45) is 11.8 Å². The summed E-state index contributed by atoms with van der Waals surface area (Å²) >= 11 is 3.66. The van der Waals surface area contributed by atoms with E-state index in [0.29, 0.717) is 11.8 Å². The fourth-order valence-electron chi connectivity index (χ4n) is 2.09. The van der Waals surface area contributed by atoms with E-state index in [1.54, 1.807) is 0 Å². The second-order valence-corrected chi connectivity index (χ2v) is 5.67. The molecule has 1 heterocycles. The Balaban J connectivity index is 2.80. The first kappa shape index (κ1) is 14.7. The minimum atomic E-state index is 0.653. The largest absolute Gasteiger partial charge is 0.319 e. The van der Waals surface area contributed by atoms with Gasteiger partial charge in [-0.3, -0.25) is 4.68 Å². The molecule has 1 aromatic rings. The SMILES string of the molecule is CCn1nc(C)c(Br)c1CC(C)C(C)CNC. The number of aromatic nitrogens is 2. The van der Waals surface area contributed by atoms with Crippen LogP contribution in [0.1, 0.15) is 32.2 Å². The Hall–Kier alpha value is -0.350. The average Bonchev–Trinajstić information content (AvgIpc) is 2.57. The summed E-state index contributed by atoms with van der Waals surface area (Å²) in [6, 6.07) is 0. The van der Waals surface area contributed by atoms with E-state index in [-0.39, 0.29) is 0 Å². The number of nitrogens with one attached hydrogen (secondary N) is 1. The fraction of sp³-hybridized carbons (Fsp3) is 0.769. The summed E-state index contributed by atoms with van der Waals surface area (Å²) in [5.41, 5.74) is 2.43. The Kier molecular flexibility index (Phi) is 5.67. The van der Waals surface area contributed by atoms with Crippen molar-refractivity contribution in [1.29, 1.82) is 0 Å². The molecule has 0 bridgehead atoms. The van der Waals surface area contributed by atoms with Crippen LogP contribution in [0.4, 0.5) is 0 Å². The van der Waals surface area contributed by atoms with Crippen molar-refractivity contribution in [3.8, 4) is 0 Å². The summed E-state index contributed by atoms with van der Waals surface area (Å²) in [6.45, 7) is 10.8. The summed E-state index contributed by atoms with van der Waals surface area (Å²) in [5.74, 6) is 1.33. The van der Waals surface area contributed by atoms with Crippen molar-refractivity contribution >= 4 is 15.9 Å². The number of aryl methyl sites for hydroxylation is 2. The van der Waals surface area contributed by atoms with E-state index in [9.17, 15) is 0 Å². The Bertz CT molecular complexity index is 360. The molecule has 0 saturated heterocycles. The van der Waals surface area contributed by atoms with E-state index in [4.69, 9.17) is 0 Å². The van der Waals surface area contributed by atoms with Crippen LogP contribution in [-0.4, -0.2) is 23.4 Å². The van der Waals surface area contributed by atoms with Crippen molar-refractivity contribution in [3.63, 3.8) is 0 Å². The Morgan fingerprint density at radius 3 is 2.53 bits per heavy atom. The van der Waals surface area contributed by atoms with Crippen LogP contribution in [0.5, 0.6) is 0 Å². The highest BCUT2D eigenvalue weighted by Gasteiger charge is 2.18.